The molecule has 0 fully saturated rings. The molecule has 128 valence electrons. The van der Waals surface area contributed by atoms with E-state index in [1.54, 1.807) is 11.3 Å². The molecule has 1 unspecified atom stereocenters. The average molecular weight is 358 g/mol. The van der Waals surface area contributed by atoms with E-state index in [1.165, 1.54) is 15.8 Å². The third-order valence-corrected chi connectivity index (χ3v) is 6.04. The summed E-state index contributed by atoms with van der Waals surface area (Å²) in [6.07, 6.45) is 0. The molecule has 1 aliphatic rings. The zero-order valence-electron chi connectivity index (χ0n) is 14.4. The first kappa shape index (κ1) is 15.4. The maximum Gasteiger partial charge on any atom is 0.255 e. The van der Waals surface area contributed by atoms with Crippen molar-refractivity contribution >= 4 is 28.1 Å². The first-order chi connectivity index (χ1) is 12.7. The van der Waals surface area contributed by atoms with Crippen LogP contribution in [-0.4, -0.2) is 15.8 Å². The van der Waals surface area contributed by atoms with Crippen molar-refractivity contribution in [2.24, 2.45) is 0 Å². The highest BCUT2D eigenvalue weighted by Crippen LogP contribution is 2.43. The van der Waals surface area contributed by atoms with Gasteiger partial charge in [0.05, 0.1) is 12.6 Å². The van der Waals surface area contributed by atoms with Gasteiger partial charge < -0.3 is 9.88 Å². The van der Waals surface area contributed by atoms with Crippen molar-refractivity contribution in [2.45, 2.75) is 19.5 Å². The molecule has 0 aliphatic carbocycles. The number of amides is 1. The SMILES string of the molecule is Cc1[nH]c2ccccc2c1C1c2ccccc2C(=O)N1Cc1cccs1. The topological polar surface area (TPSA) is 36.1 Å². The van der Waals surface area contributed by atoms with Crippen LogP contribution in [0.3, 0.4) is 0 Å². The second kappa shape index (κ2) is 5.85. The number of nitrogens with zero attached hydrogens (tertiary/aromatic N) is 1. The number of aryl methyl sites for hydroxylation is 1. The number of carbonyl (C=O) groups excluding carboxylic acids is 1. The smallest absolute Gasteiger partial charge is 0.255 e. The van der Waals surface area contributed by atoms with Crippen LogP contribution in [0, 0.1) is 6.92 Å². The fraction of sp³-hybridized carbons (Fsp3) is 0.136. The summed E-state index contributed by atoms with van der Waals surface area (Å²) in [7, 11) is 0. The number of aromatic amines is 1. The Morgan fingerprint density at radius 2 is 1.85 bits per heavy atom. The number of hydrogen-bond acceptors (Lipinski definition) is 2. The third kappa shape index (κ3) is 2.22. The van der Waals surface area contributed by atoms with Gasteiger partial charge in [-0.1, -0.05) is 42.5 Å². The van der Waals surface area contributed by atoms with Crippen LogP contribution in [0.2, 0.25) is 0 Å². The van der Waals surface area contributed by atoms with E-state index in [0.717, 1.165) is 22.3 Å². The van der Waals surface area contributed by atoms with E-state index in [0.29, 0.717) is 6.54 Å². The zero-order valence-corrected chi connectivity index (χ0v) is 15.2. The minimum Gasteiger partial charge on any atom is -0.358 e. The van der Waals surface area contributed by atoms with E-state index in [2.05, 4.69) is 47.6 Å². The van der Waals surface area contributed by atoms with E-state index in [1.807, 2.05) is 35.2 Å². The summed E-state index contributed by atoms with van der Waals surface area (Å²) in [4.78, 5) is 19.9. The Kier molecular flexibility index (Phi) is 3.47. The van der Waals surface area contributed by atoms with Crippen molar-refractivity contribution < 1.29 is 4.79 Å². The molecular weight excluding hydrogens is 340 g/mol. The Balaban J connectivity index is 1.72. The van der Waals surface area contributed by atoms with Gasteiger partial charge >= 0.3 is 0 Å². The highest BCUT2D eigenvalue weighted by molar-refractivity contribution is 7.09. The van der Waals surface area contributed by atoms with Crippen LogP contribution in [0.15, 0.2) is 66.0 Å². The first-order valence-corrected chi connectivity index (χ1v) is 9.61. The first-order valence-electron chi connectivity index (χ1n) is 8.73. The molecule has 2 aromatic carbocycles. The largest absolute Gasteiger partial charge is 0.358 e. The van der Waals surface area contributed by atoms with Crippen molar-refractivity contribution in [3.8, 4) is 0 Å². The van der Waals surface area contributed by atoms with Gasteiger partial charge in [0, 0.05) is 32.6 Å². The Labute approximate surface area is 155 Å². The minimum absolute atomic E-state index is 0.0584. The second-order valence-electron chi connectivity index (χ2n) is 6.71. The van der Waals surface area contributed by atoms with E-state index in [-0.39, 0.29) is 11.9 Å². The predicted molar refractivity (Wildman–Crippen MR) is 106 cm³/mol. The summed E-state index contributed by atoms with van der Waals surface area (Å²) in [6.45, 7) is 2.73. The molecule has 1 amide bonds. The van der Waals surface area contributed by atoms with Crippen LogP contribution in [0.25, 0.3) is 10.9 Å². The fourth-order valence-electron chi connectivity index (χ4n) is 4.07. The average Bonchev–Trinajstić information content (AvgIpc) is 3.34. The normalized spacial score (nSPS) is 16.4. The molecule has 1 N–H and O–H groups in total. The fourth-order valence-corrected chi connectivity index (χ4v) is 4.77. The standard InChI is InChI=1S/C22H18N2OS/c1-14-20(18-10-4-5-11-19(18)23-14)21-16-8-2-3-9-17(16)22(25)24(21)13-15-7-6-12-26-15/h2-12,21,23H,13H2,1H3. The molecule has 0 saturated carbocycles. The van der Waals surface area contributed by atoms with Gasteiger partial charge in [-0.2, -0.15) is 0 Å². The highest BCUT2D eigenvalue weighted by atomic mass is 32.1. The predicted octanol–water partition coefficient (Wildman–Crippen LogP) is 5.28. The molecule has 5 rings (SSSR count). The molecule has 1 atom stereocenters. The van der Waals surface area contributed by atoms with Crippen LogP contribution in [0.1, 0.15) is 38.1 Å². The van der Waals surface area contributed by atoms with Crippen LogP contribution in [0.4, 0.5) is 0 Å². The Hall–Kier alpha value is -2.85. The van der Waals surface area contributed by atoms with E-state index < -0.39 is 0 Å². The molecule has 0 radical (unpaired) electrons. The van der Waals surface area contributed by atoms with Crippen LogP contribution >= 0.6 is 11.3 Å². The Morgan fingerprint density at radius 3 is 2.69 bits per heavy atom. The lowest BCUT2D eigenvalue weighted by molar-refractivity contribution is 0.0738. The molecule has 0 saturated heterocycles. The van der Waals surface area contributed by atoms with E-state index >= 15 is 0 Å². The van der Waals surface area contributed by atoms with Crippen molar-refractivity contribution in [1.82, 2.24) is 9.88 Å². The molecule has 2 aromatic heterocycles. The number of H-pyrrole nitrogens is 1. The van der Waals surface area contributed by atoms with E-state index in [4.69, 9.17) is 0 Å². The lowest BCUT2D eigenvalue weighted by Gasteiger charge is -2.26. The quantitative estimate of drug-likeness (QED) is 0.531. The van der Waals surface area contributed by atoms with Gasteiger partial charge in [0.1, 0.15) is 0 Å². The van der Waals surface area contributed by atoms with Gasteiger partial charge in [0.15, 0.2) is 0 Å². The minimum atomic E-state index is -0.0584. The monoisotopic (exact) mass is 358 g/mol. The van der Waals surface area contributed by atoms with Gasteiger partial charge in [0.2, 0.25) is 0 Å². The maximum atomic E-state index is 13.2. The van der Waals surface area contributed by atoms with Crippen molar-refractivity contribution in [1.29, 1.82) is 0 Å². The number of fused-ring (bicyclic) bond motifs is 2. The zero-order chi connectivity index (χ0) is 17.7. The molecule has 0 bridgehead atoms. The molecule has 26 heavy (non-hydrogen) atoms. The van der Waals surface area contributed by atoms with Crippen LogP contribution in [0.5, 0.6) is 0 Å². The van der Waals surface area contributed by atoms with Crippen LogP contribution in [-0.2, 0) is 6.54 Å². The third-order valence-electron chi connectivity index (χ3n) is 5.18. The molecular formula is C22H18N2OS. The summed E-state index contributed by atoms with van der Waals surface area (Å²) >= 11 is 1.70. The van der Waals surface area contributed by atoms with Crippen molar-refractivity contribution in [3.05, 3.63) is 93.3 Å². The molecule has 0 spiro atoms. The summed E-state index contributed by atoms with van der Waals surface area (Å²) in [5.41, 5.74) is 5.36. The van der Waals surface area contributed by atoms with Crippen molar-refractivity contribution in [2.75, 3.05) is 0 Å². The Bertz CT molecular complexity index is 1110. The van der Waals surface area contributed by atoms with Crippen LogP contribution < -0.4 is 0 Å². The van der Waals surface area contributed by atoms with Crippen molar-refractivity contribution in [3.63, 3.8) is 0 Å². The molecule has 4 aromatic rings. The Morgan fingerprint density at radius 1 is 1.04 bits per heavy atom. The van der Waals surface area contributed by atoms with Gasteiger partial charge in [-0.05, 0) is 36.1 Å². The highest BCUT2D eigenvalue weighted by Gasteiger charge is 2.39. The number of hydrogen-bond donors (Lipinski definition) is 1. The number of carbonyl (C=O) groups is 1. The summed E-state index contributed by atoms with van der Waals surface area (Å²) in [5.74, 6) is 0.115. The number of rotatable bonds is 3. The summed E-state index contributed by atoms with van der Waals surface area (Å²) < 4.78 is 0. The molecule has 3 heterocycles. The molecule has 4 heteroatoms. The molecule has 1 aliphatic heterocycles. The second-order valence-corrected chi connectivity index (χ2v) is 7.74. The number of para-hydroxylation sites is 1. The van der Waals surface area contributed by atoms with Gasteiger partial charge in [-0.25, -0.2) is 0 Å². The van der Waals surface area contributed by atoms with Gasteiger partial charge in [-0.15, -0.1) is 11.3 Å². The van der Waals surface area contributed by atoms with Gasteiger partial charge in [0.25, 0.3) is 5.91 Å². The number of benzene rings is 2. The van der Waals surface area contributed by atoms with Gasteiger partial charge in [-0.3, -0.25) is 4.79 Å². The lowest BCUT2D eigenvalue weighted by Crippen LogP contribution is -2.28. The maximum absolute atomic E-state index is 13.2. The summed E-state index contributed by atoms with van der Waals surface area (Å²) in [6, 6.07) is 20.4. The molecule has 3 nitrogen and oxygen atoms in total. The number of aromatic nitrogens is 1. The summed E-state index contributed by atoms with van der Waals surface area (Å²) in [5, 5.41) is 3.25. The number of nitrogens with one attached hydrogen (secondary N) is 1. The van der Waals surface area contributed by atoms with E-state index in [9.17, 15) is 4.79 Å². The number of thiophene rings is 1. The lowest BCUT2D eigenvalue weighted by atomic mass is 9.95.